The maximum absolute atomic E-state index is 13.7. The number of benzene rings is 2. The van der Waals surface area contributed by atoms with Crippen molar-refractivity contribution in [1.29, 1.82) is 0 Å². The molecule has 0 spiro atoms. The second-order valence-electron chi connectivity index (χ2n) is 18.0. The summed E-state index contributed by atoms with van der Waals surface area (Å²) >= 11 is 0. The smallest absolute Gasteiger partial charge is 0.312 e. The summed E-state index contributed by atoms with van der Waals surface area (Å²) in [6, 6.07) is 9.57. The SMILES string of the molecule is CCCCOC(=O)C1(C)CCCC2(C)c3cc(Oc4cc5c(cc4C(C)C)CCC4C(C)(C(=O)OC)CCCC54C)c(C(C)C)cc3CCC12. The Bertz CT molecular complexity index is 1620. The van der Waals surface area contributed by atoms with E-state index in [9.17, 15) is 9.59 Å². The van der Waals surface area contributed by atoms with Gasteiger partial charge >= 0.3 is 11.9 Å². The number of fused-ring (bicyclic) bond motifs is 6. The predicted molar refractivity (Wildman–Crippen MR) is 201 cm³/mol. The molecule has 50 heavy (non-hydrogen) atoms. The molecule has 5 heteroatoms. The van der Waals surface area contributed by atoms with E-state index >= 15 is 0 Å². The van der Waals surface area contributed by atoms with E-state index in [4.69, 9.17) is 14.2 Å². The van der Waals surface area contributed by atoms with Crippen LogP contribution in [0.25, 0.3) is 0 Å². The van der Waals surface area contributed by atoms with E-state index in [1.54, 1.807) is 0 Å². The van der Waals surface area contributed by atoms with E-state index in [1.165, 1.54) is 40.5 Å². The first-order valence-electron chi connectivity index (χ1n) is 19.9. The average molecular weight is 685 g/mol. The van der Waals surface area contributed by atoms with Crippen LogP contribution in [0.5, 0.6) is 11.5 Å². The van der Waals surface area contributed by atoms with Gasteiger partial charge in [-0.1, -0.05) is 79.9 Å². The third kappa shape index (κ3) is 5.91. The lowest BCUT2D eigenvalue weighted by Gasteiger charge is -2.54. The molecule has 6 atom stereocenters. The molecule has 0 radical (unpaired) electrons. The van der Waals surface area contributed by atoms with Crippen LogP contribution in [-0.2, 0) is 42.7 Å². The molecule has 0 saturated heterocycles. The van der Waals surface area contributed by atoms with Crippen LogP contribution in [0.4, 0.5) is 0 Å². The Hall–Kier alpha value is -2.82. The zero-order chi connectivity index (χ0) is 36.2. The molecule has 5 nitrogen and oxygen atoms in total. The lowest BCUT2D eigenvalue weighted by molar-refractivity contribution is -0.164. The summed E-state index contributed by atoms with van der Waals surface area (Å²) in [4.78, 5) is 27.0. The number of carbonyl (C=O) groups excluding carboxylic acids is 2. The molecule has 0 bridgehead atoms. The van der Waals surface area contributed by atoms with E-state index in [-0.39, 0.29) is 34.6 Å². The molecular weight excluding hydrogens is 620 g/mol. The molecule has 6 unspecified atom stereocenters. The van der Waals surface area contributed by atoms with Gasteiger partial charge in [0, 0.05) is 0 Å². The Labute approximate surface area is 302 Å². The number of ether oxygens (including phenoxy) is 3. The van der Waals surface area contributed by atoms with Gasteiger partial charge in [0.1, 0.15) is 11.5 Å². The molecule has 0 heterocycles. The molecule has 2 aromatic carbocycles. The number of carbonyl (C=O) groups is 2. The monoisotopic (exact) mass is 684 g/mol. The Balaban J connectivity index is 1.42. The van der Waals surface area contributed by atoms with Gasteiger partial charge in [-0.05, 0) is 152 Å². The number of aryl methyl sites for hydroxylation is 2. The molecule has 2 fully saturated rings. The number of unbranched alkanes of at least 4 members (excludes halogenated alkanes) is 1. The first-order chi connectivity index (χ1) is 23.6. The summed E-state index contributed by atoms with van der Waals surface area (Å²) in [5, 5.41) is 0. The fourth-order valence-electron chi connectivity index (χ4n) is 11.4. The third-order valence-electron chi connectivity index (χ3n) is 14.3. The molecule has 4 aliphatic rings. The van der Waals surface area contributed by atoms with Gasteiger partial charge in [0.05, 0.1) is 24.5 Å². The van der Waals surface area contributed by atoms with Crippen LogP contribution in [-0.4, -0.2) is 25.7 Å². The topological polar surface area (TPSA) is 61.8 Å². The maximum Gasteiger partial charge on any atom is 0.312 e. The minimum absolute atomic E-state index is 0.00552. The van der Waals surface area contributed by atoms with Crippen molar-refractivity contribution in [2.75, 3.05) is 13.7 Å². The maximum atomic E-state index is 13.7. The highest BCUT2D eigenvalue weighted by molar-refractivity contribution is 5.78. The summed E-state index contributed by atoms with van der Waals surface area (Å²) in [5.41, 5.74) is 6.80. The van der Waals surface area contributed by atoms with Crippen LogP contribution in [0, 0.1) is 22.7 Å². The standard InChI is InChI=1S/C45H64O5/c1-11-12-23-49-41(47)45(9)22-14-20-43(7)35-27-37(33(29(4)5)25-31(35)16-18-39(43)45)50-36-26-34-30(24-32(36)28(2)3)15-17-38-42(34,6)19-13-21-44(38,8)40(46)48-10/h24-29,38-39H,11-23H2,1-10H3. The van der Waals surface area contributed by atoms with E-state index in [0.717, 1.165) is 88.5 Å². The lowest BCUT2D eigenvalue weighted by atomic mass is 9.49. The second-order valence-corrected chi connectivity index (χ2v) is 18.0. The van der Waals surface area contributed by atoms with E-state index in [1.807, 2.05) is 0 Å². The molecule has 0 aromatic heterocycles. The van der Waals surface area contributed by atoms with Crippen molar-refractivity contribution in [3.63, 3.8) is 0 Å². The predicted octanol–water partition coefficient (Wildman–Crippen LogP) is 11.3. The van der Waals surface area contributed by atoms with Crippen molar-refractivity contribution < 1.29 is 23.8 Å². The van der Waals surface area contributed by atoms with Crippen molar-refractivity contribution >= 4 is 11.9 Å². The highest BCUT2D eigenvalue weighted by atomic mass is 16.5. The molecule has 2 saturated carbocycles. The molecule has 0 N–H and O–H groups in total. The number of methoxy groups -OCH3 is 1. The number of esters is 2. The molecule has 2 aromatic rings. The third-order valence-corrected chi connectivity index (χ3v) is 14.3. The van der Waals surface area contributed by atoms with Gasteiger partial charge in [-0.15, -0.1) is 0 Å². The summed E-state index contributed by atoms with van der Waals surface area (Å²) in [6.07, 6.45) is 11.8. The van der Waals surface area contributed by atoms with Crippen LogP contribution in [0.2, 0.25) is 0 Å². The van der Waals surface area contributed by atoms with Gasteiger partial charge < -0.3 is 14.2 Å². The Morgan fingerprint density at radius 2 is 1.18 bits per heavy atom. The van der Waals surface area contributed by atoms with E-state index in [2.05, 4.69) is 86.6 Å². The molecule has 0 amide bonds. The van der Waals surface area contributed by atoms with Crippen LogP contribution in [0.3, 0.4) is 0 Å². The normalized spacial score (nSPS) is 31.7. The number of hydrogen-bond acceptors (Lipinski definition) is 5. The Morgan fingerprint density at radius 1 is 0.720 bits per heavy atom. The molecule has 0 aliphatic heterocycles. The highest BCUT2D eigenvalue weighted by Gasteiger charge is 2.57. The lowest BCUT2D eigenvalue weighted by Crippen LogP contribution is -2.53. The Morgan fingerprint density at radius 3 is 1.60 bits per heavy atom. The van der Waals surface area contributed by atoms with Gasteiger partial charge in [-0.2, -0.15) is 0 Å². The minimum atomic E-state index is -0.483. The first-order valence-corrected chi connectivity index (χ1v) is 19.9. The second kappa shape index (κ2) is 13.6. The van der Waals surface area contributed by atoms with E-state index < -0.39 is 10.8 Å². The van der Waals surface area contributed by atoms with Crippen molar-refractivity contribution in [3.8, 4) is 11.5 Å². The fraction of sp³-hybridized carbons (Fsp3) is 0.689. The molecule has 6 rings (SSSR count). The Kier molecular flexibility index (Phi) is 10.1. The average Bonchev–Trinajstić information content (AvgIpc) is 3.07. The summed E-state index contributed by atoms with van der Waals surface area (Å²) in [7, 11) is 1.54. The molecular formula is C45H64O5. The quantitative estimate of drug-likeness (QED) is 0.194. The zero-order valence-corrected chi connectivity index (χ0v) is 32.9. The fourth-order valence-corrected chi connectivity index (χ4v) is 11.4. The van der Waals surface area contributed by atoms with Crippen LogP contribution in [0.1, 0.15) is 172 Å². The van der Waals surface area contributed by atoms with Gasteiger partial charge in [0.2, 0.25) is 0 Å². The van der Waals surface area contributed by atoms with Crippen molar-refractivity contribution in [2.45, 2.75) is 162 Å². The van der Waals surface area contributed by atoms with Gasteiger partial charge in [0.15, 0.2) is 0 Å². The molecule has 4 aliphatic carbocycles. The zero-order valence-electron chi connectivity index (χ0n) is 32.9. The first kappa shape index (κ1) is 37.0. The largest absolute Gasteiger partial charge is 0.469 e. The summed E-state index contributed by atoms with van der Waals surface area (Å²) < 4.78 is 18.6. The van der Waals surface area contributed by atoms with E-state index in [0.29, 0.717) is 18.4 Å². The summed E-state index contributed by atoms with van der Waals surface area (Å²) in [5.74, 6) is 2.86. The van der Waals surface area contributed by atoms with Crippen LogP contribution < -0.4 is 4.74 Å². The number of rotatable bonds is 9. The van der Waals surface area contributed by atoms with Crippen molar-refractivity contribution in [1.82, 2.24) is 0 Å². The highest BCUT2D eigenvalue weighted by Crippen LogP contribution is 2.60. The van der Waals surface area contributed by atoms with Crippen LogP contribution in [0.15, 0.2) is 24.3 Å². The minimum Gasteiger partial charge on any atom is -0.469 e. The van der Waals surface area contributed by atoms with Crippen molar-refractivity contribution in [3.05, 3.63) is 57.6 Å². The van der Waals surface area contributed by atoms with Crippen molar-refractivity contribution in [2.24, 2.45) is 22.7 Å². The van der Waals surface area contributed by atoms with Crippen LogP contribution >= 0.6 is 0 Å². The number of hydrogen-bond donors (Lipinski definition) is 0. The summed E-state index contributed by atoms with van der Waals surface area (Å²) in [6.45, 7) is 20.8. The van der Waals surface area contributed by atoms with Gasteiger partial charge in [0.25, 0.3) is 0 Å². The van der Waals surface area contributed by atoms with Gasteiger partial charge in [-0.25, -0.2) is 0 Å². The van der Waals surface area contributed by atoms with Gasteiger partial charge in [-0.3, -0.25) is 9.59 Å². The molecule has 274 valence electrons.